The first-order valence-corrected chi connectivity index (χ1v) is 7.16. The van der Waals surface area contributed by atoms with Gasteiger partial charge in [0.1, 0.15) is 0 Å². The molecule has 0 bridgehead atoms. The highest BCUT2D eigenvalue weighted by Gasteiger charge is 2.09. The number of hydrogen-bond donors (Lipinski definition) is 2. The fraction of sp³-hybridized carbons (Fsp3) is 0.562. The molecule has 0 radical (unpaired) electrons. The van der Waals surface area contributed by atoms with E-state index in [9.17, 15) is 5.11 Å². The number of ether oxygens (including phenoxy) is 1. The molecule has 0 amide bonds. The molecule has 1 rings (SSSR count). The average Bonchev–Trinajstić information content (AvgIpc) is 2.49. The maximum absolute atomic E-state index is 9.80. The number of nitrogens with one attached hydrogen (secondary N) is 1. The SMILES string of the molecule is CCCCOCC(O)CNC(C)c1ccc(C#N)cc1. The predicted octanol–water partition coefficient (Wildman–Crippen LogP) is 2.39. The van der Waals surface area contributed by atoms with Crippen molar-refractivity contribution in [1.82, 2.24) is 5.32 Å². The molecule has 2 N–H and O–H groups in total. The number of nitriles is 1. The van der Waals surface area contributed by atoms with Gasteiger partial charge in [0.15, 0.2) is 0 Å². The minimum Gasteiger partial charge on any atom is -0.389 e. The van der Waals surface area contributed by atoms with Gasteiger partial charge in [0, 0.05) is 19.2 Å². The maximum atomic E-state index is 9.80. The number of nitrogens with zero attached hydrogens (tertiary/aromatic N) is 1. The topological polar surface area (TPSA) is 65.3 Å². The van der Waals surface area contributed by atoms with Crippen molar-refractivity contribution in [2.45, 2.75) is 38.8 Å². The Balaban J connectivity index is 2.27. The van der Waals surface area contributed by atoms with Gasteiger partial charge in [-0.1, -0.05) is 25.5 Å². The lowest BCUT2D eigenvalue weighted by molar-refractivity contribution is 0.0348. The lowest BCUT2D eigenvalue weighted by Crippen LogP contribution is -2.32. The van der Waals surface area contributed by atoms with Gasteiger partial charge in [-0.3, -0.25) is 0 Å². The highest BCUT2D eigenvalue weighted by atomic mass is 16.5. The molecule has 2 atom stereocenters. The third kappa shape index (κ3) is 6.16. The van der Waals surface area contributed by atoms with Crippen molar-refractivity contribution < 1.29 is 9.84 Å². The molecule has 1 aromatic rings. The number of hydrogen-bond acceptors (Lipinski definition) is 4. The summed E-state index contributed by atoms with van der Waals surface area (Å²) in [7, 11) is 0. The second-order valence-corrected chi connectivity index (χ2v) is 4.95. The molecule has 110 valence electrons. The quantitative estimate of drug-likeness (QED) is 0.680. The van der Waals surface area contributed by atoms with Gasteiger partial charge in [0.25, 0.3) is 0 Å². The normalized spacial score (nSPS) is 13.7. The van der Waals surface area contributed by atoms with Crippen LogP contribution in [0.25, 0.3) is 0 Å². The van der Waals surface area contributed by atoms with Crippen molar-refractivity contribution in [1.29, 1.82) is 5.26 Å². The van der Waals surface area contributed by atoms with Crippen molar-refractivity contribution in [3.63, 3.8) is 0 Å². The average molecular weight is 276 g/mol. The van der Waals surface area contributed by atoms with Crippen molar-refractivity contribution in [3.05, 3.63) is 35.4 Å². The number of aliphatic hydroxyl groups excluding tert-OH is 1. The molecule has 0 aliphatic rings. The molecule has 4 nitrogen and oxygen atoms in total. The molecule has 0 spiro atoms. The second kappa shape index (κ2) is 9.49. The third-order valence-corrected chi connectivity index (χ3v) is 3.15. The smallest absolute Gasteiger partial charge is 0.0991 e. The molecule has 0 aromatic heterocycles. The minimum atomic E-state index is -0.493. The van der Waals surface area contributed by atoms with Crippen LogP contribution in [0.5, 0.6) is 0 Å². The van der Waals surface area contributed by atoms with E-state index in [2.05, 4.69) is 18.3 Å². The summed E-state index contributed by atoms with van der Waals surface area (Å²) in [5, 5.41) is 21.8. The summed E-state index contributed by atoms with van der Waals surface area (Å²) in [6.45, 7) is 5.71. The largest absolute Gasteiger partial charge is 0.389 e. The Bertz CT molecular complexity index is 411. The van der Waals surface area contributed by atoms with Crippen LogP contribution in [0, 0.1) is 11.3 Å². The van der Waals surface area contributed by atoms with E-state index in [0.717, 1.165) is 18.4 Å². The highest BCUT2D eigenvalue weighted by Crippen LogP contribution is 2.12. The molecule has 0 heterocycles. The lowest BCUT2D eigenvalue weighted by atomic mass is 10.1. The standard InChI is InChI=1S/C16H24N2O2/c1-3-4-9-20-12-16(19)11-18-13(2)15-7-5-14(10-17)6-8-15/h5-8,13,16,18-19H,3-4,9,11-12H2,1-2H3. The number of rotatable bonds is 9. The van der Waals surface area contributed by atoms with Gasteiger partial charge >= 0.3 is 0 Å². The number of benzene rings is 1. The van der Waals surface area contributed by atoms with E-state index in [1.165, 1.54) is 0 Å². The second-order valence-electron chi connectivity index (χ2n) is 4.95. The van der Waals surface area contributed by atoms with Crippen molar-refractivity contribution in [2.75, 3.05) is 19.8 Å². The summed E-state index contributed by atoms with van der Waals surface area (Å²) in [5.41, 5.74) is 1.76. The van der Waals surface area contributed by atoms with Gasteiger partial charge in [0.2, 0.25) is 0 Å². The van der Waals surface area contributed by atoms with Crippen LogP contribution in [-0.2, 0) is 4.74 Å². The first-order valence-electron chi connectivity index (χ1n) is 7.16. The van der Waals surface area contributed by atoms with Crippen LogP contribution >= 0.6 is 0 Å². The first-order chi connectivity index (χ1) is 9.67. The molecule has 0 aliphatic carbocycles. The van der Waals surface area contributed by atoms with Crippen molar-refractivity contribution in [2.24, 2.45) is 0 Å². The molecule has 0 saturated carbocycles. The van der Waals surface area contributed by atoms with Crippen LogP contribution < -0.4 is 5.32 Å². The summed E-state index contributed by atoms with van der Waals surface area (Å²) < 4.78 is 5.38. The molecule has 0 fully saturated rings. The third-order valence-electron chi connectivity index (χ3n) is 3.15. The van der Waals surface area contributed by atoms with Crippen LogP contribution in [0.4, 0.5) is 0 Å². The van der Waals surface area contributed by atoms with Crippen LogP contribution in [0.2, 0.25) is 0 Å². The van der Waals surface area contributed by atoms with E-state index in [4.69, 9.17) is 10.00 Å². The molecule has 1 aromatic carbocycles. The predicted molar refractivity (Wildman–Crippen MR) is 79.3 cm³/mol. The van der Waals surface area contributed by atoms with Gasteiger partial charge in [-0.25, -0.2) is 0 Å². The van der Waals surface area contributed by atoms with E-state index in [-0.39, 0.29) is 6.04 Å². The van der Waals surface area contributed by atoms with E-state index >= 15 is 0 Å². The Hall–Kier alpha value is -1.41. The van der Waals surface area contributed by atoms with E-state index < -0.39 is 6.10 Å². The summed E-state index contributed by atoms with van der Waals surface area (Å²) in [4.78, 5) is 0. The Labute approximate surface area is 121 Å². The van der Waals surface area contributed by atoms with Gasteiger partial charge < -0.3 is 15.2 Å². The molecular formula is C16H24N2O2. The summed E-state index contributed by atoms with van der Waals surface area (Å²) in [6.07, 6.45) is 1.64. The summed E-state index contributed by atoms with van der Waals surface area (Å²) in [5.74, 6) is 0. The molecule has 20 heavy (non-hydrogen) atoms. The first kappa shape index (κ1) is 16.6. The minimum absolute atomic E-state index is 0.132. The molecule has 0 aliphatic heterocycles. The summed E-state index contributed by atoms with van der Waals surface area (Å²) >= 11 is 0. The molecule has 4 heteroatoms. The van der Waals surface area contributed by atoms with Crippen molar-refractivity contribution in [3.8, 4) is 6.07 Å². The summed E-state index contributed by atoms with van der Waals surface area (Å²) in [6, 6.07) is 9.70. The molecular weight excluding hydrogens is 252 g/mol. The number of unbranched alkanes of at least 4 members (excludes halogenated alkanes) is 1. The van der Waals surface area contributed by atoms with Crippen molar-refractivity contribution >= 4 is 0 Å². The van der Waals surface area contributed by atoms with Crippen LogP contribution in [-0.4, -0.2) is 31.0 Å². The highest BCUT2D eigenvalue weighted by molar-refractivity contribution is 5.32. The van der Waals surface area contributed by atoms with Gasteiger partial charge in [0.05, 0.1) is 24.3 Å². The van der Waals surface area contributed by atoms with E-state index in [0.29, 0.717) is 25.3 Å². The zero-order valence-electron chi connectivity index (χ0n) is 12.3. The van der Waals surface area contributed by atoms with Crippen LogP contribution in [0.3, 0.4) is 0 Å². The Morgan fingerprint density at radius 3 is 2.65 bits per heavy atom. The van der Waals surface area contributed by atoms with E-state index in [1.54, 1.807) is 12.1 Å². The fourth-order valence-corrected chi connectivity index (χ4v) is 1.80. The van der Waals surface area contributed by atoms with Crippen LogP contribution in [0.1, 0.15) is 43.9 Å². The zero-order chi connectivity index (χ0) is 14.8. The monoisotopic (exact) mass is 276 g/mol. The Kier molecular flexibility index (Phi) is 7.89. The maximum Gasteiger partial charge on any atom is 0.0991 e. The molecule has 0 saturated heterocycles. The van der Waals surface area contributed by atoms with Crippen LogP contribution in [0.15, 0.2) is 24.3 Å². The van der Waals surface area contributed by atoms with E-state index in [1.807, 2.05) is 19.1 Å². The van der Waals surface area contributed by atoms with Gasteiger partial charge in [-0.15, -0.1) is 0 Å². The zero-order valence-corrected chi connectivity index (χ0v) is 12.3. The fourth-order valence-electron chi connectivity index (χ4n) is 1.80. The van der Waals surface area contributed by atoms with Gasteiger partial charge in [-0.05, 0) is 31.0 Å². The number of aliphatic hydroxyl groups is 1. The van der Waals surface area contributed by atoms with Gasteiger partial charge in [-0.2, -0.15) is 5.26 Å². The Morgan fingerprint density at radius 1 is 1.35 bits per heavy atom. The lowest BCUT2D eigenvalue weighted by Gasteiger charge is -2.17. The Morgan fingerprint density at radius 2 is 2.05 bits per heavy atom. The molecule has 2 unspecified atom stereocenters.